The van der Waals surface area contributed by atoms with Crippen LogP contribution >= 0.6 is 22.7 Å². The van der Waals surface area contributed by atoms with Gasteiger partial charge < -0.3 is 9.64 Å². The Bertz CT molecular complexity index is 1380. The van der Waals surface area contributed by atoms with Crippen molar-refractivity contribution in [3.63, 3.8) is 0 Å². The van der Waals surface area contributed by atoms with Crippen LogP contribution in [0.1, 0.15) is 21.1 Å². The van der Waals surface area contributed by atoms with Crippen molar-refractivity contribution in [1.82, 2.24) is 29.6 Å². The summed E-state index contributed by atoms with van der Waals surface area (Å²) in [6, 6.07) is 13.8. The van der Waals surface area contributed by atoms with E-state index < -0.39 is 0 Å². The number of nitrogens with zero attached hydrogens (tertiary/aromatic N) is 6. The molecular formula is C23H20N6O2S2. The highest BCUT2D eigenvalue weighted by atomic mass is 32.1. The van der Waals surface area contributed by atoms with Crippen LogP contribution in [0.2, 0.25) is 0 Å². The summed E-state index contributed by atoms with van der Waals surface area (Å²) in [6.07, 6.45) is 3.24. The molecule has 0 radical (unpaired) electrons. The Hall–Kier alpha value is -3.47. The average Bonchev–Trinajstić information content (AvgIpc) is 3.58. The smallest absolute Gasteiger partial charge is 0.257 e. The Balaban J connectivity index is 1.44. The summed E-state index contributed by atoms with van der Waals surface area (Å²) in [7, 11) is 3.34. The normalized spacial score (nSPS) is 11.2. The number of para-hydroxylation sites is 1. The summed E-state index contributed by atoms with van der Waals surface area (Å²) in [6.45, 7) is 0.600. The van der Waals surface area contributed by atoms with Crippen molar-refractivity contribution in [1.29, 1.82) is 0 Å². The molecule has 0 bridgehead atoms. The van der Waals surface area contributed by atoms with Crippen LogP contribution in [0.3, 0.4) is 0 Å². The molecule has 0 atom stereocenters. The topological polar surface area (TPSA) is 86.0 Å². The number of hydrogen-bond acceptors (Lipinski definition) is 8. The van der Waals surface area contributed by atoms with Crippen LogP contribution < -0.4 is 0 Å². The minimum Gasteiger partial charge on any atom is -0.378 e. The second kappa shape index (κ2) is 9.18. The Morgan fingerprint density at radius 2 is 2.03 bits per heavy atom. The van der Waals surface area contributed by atoms with Gasteiger partial charge in [0.25, 0.3) is 11.9 Å². The Morgan fingerprint density at radius 1 is 1.15 bits per heavy atom. The molecule has 166 valence electrons. The van der Waals surface area contributed by atoms with E-state index in [1.807, 2.05) is 47.8 Å². The van der Waals surface area contributed by atoms with Gasteiger partial charge in [-0.1, -0.05) is 18.2 Å². The van der Waals surface area contributed by atoms with Gasteiger partial charge in [0.2, 0.25) is 0 Å². The molecule has 0 unspecified atom stereocenters. The Morgan fingerprint density at radius 3 is 2.82 bits per heavy atom. The molecule has 0 saturated carbocycles. The maximum absolute atomic E-state index is 13.3. The van der Waals surface area contributed by atoms with Crippen molar-refractivity contribution in [2.24, 2.45) is 0 Å². The number of amides is 1. The van der Waals surface area contributed by atoms with Crippen LogP contribution in [0, 0.1) is 0 Å². The number of fused-ring (bicyclic) bond motifs is 1. The predicted molar refractivity (Wildman–Crippen MR) is 129 cm³/mol. The molecule has 0 saturated heterocycles. The van der Waals surface area contributed by atoms with Gasteiger partial charge in [-0.2, -0.15) is 9.78 Å². The molecule has 4 aromatic heterocycles. The highest BCUT2D eigenvalue weighted by Crippen LogP contribution is 2.25. The number of rotatable bonds is 7. The quantitative estimate of drug-likeness (QED) is 0.346. The maximum Gasteiger partial charge on any atom is 0.257 e. The summed E-state index contributed by atoms with van der Waals surface area (Å²) in [5, 5.41) is 7.30. The molecule has 0 aliphatic carbocycles. The minimum absolute atomic E-state index is 0.165. The van der Waals surface area contributed by atoms with Gasteiger partial charge in [-0.3, -0.25) is 4.79 Å². The van der Waals surface area contributed by atoms with E-state index in [0.717, 1.165) is 25.8 Å². The van der Waals surface area contributed by atoms with Gasteiger partial charge in [0.1, 0.15) is 5.01 Å². The number of ether oxygens (including phenoxy) is 1. The molecule has 0 fully saturated rings. The van der Waals surface area contributed by atoms with E-state index >= 15 is 0 Å². The van der Waals surface area contributed by atoms with E-state index in [-0.39, 0.29) is 12.5 Å². The van der Waals surface area contributed by atoms with Crippen LogP contribution in [-0.2, 0) is 17.9 Å². The van der Waals surface area contributed by atoms with Crippen molar-refractivity contribution in [3.8, 4) is 16.5 Å². The van der Waals surface area contributed by atoms with Gasteiger partial charge in [-0.15, -0.1) is 22.7 Å². The van der Waals surface area contributed by atoms with E-state index in [1.54, 1.807) is 58.8 Å². The number of methoxy groups -OCH3 is 1. The van der Waals surface area contributed by atoms with Gasteiger partial charge in [0.05, 0.1) is 51.4 Å². The number of aromatic nitrogens is 5. The molecule has 8 nitrogen and oxygen atoms in total. The number of thiophene rings is 1. The average molecular weight is 477 g/mol. The highest BCUT2D eigenvalue weighted by molar-refractivity contribution is 7.18. The largest absolute Gasteiger partial charge is 0.378 e. The lowest BCUT2D eigenvalue weighted by molar-refractivity contribution is 0.0779. The van der Waals surface area contributed by atoms with Gasteiger partial charge in [0, 0.05) is 20.4 Å². The SMILES string of the molecule is COCc1c(C(=O)N(C)Cc2nc3ccccc3s2)cnn1-c1nccc(-c2cccs2)n1. The molecule has 5 aromatic rings. The summed E-state index contributed by atoms with van der Waals surface area (Å²) in [5.41, 5.74) is 2.79. The number of carbonyl (C=O) groups excluding carboxylic acids is 1. The first-order valence-corrected chi connectivity index (χ1v) is 11.9. The molecule has 1 amide bonds. The van der Waals surface area contributed by atoms with E-state index in [4.69, 9.17) is 4.74 Å². The lowest BCUT2D eigenvalue weighted by Gasteiger charge is -2.16. The van der Waals surface area contributed by atoms with Gasteiger partial charge >= 0.3 is 0 Å². The van der Waals surface area contributed by atoms with Crippen molar-refractivity contribution in [2.45, 2.75) is 13.2 Å². The number of thiazole rings is 1. The van der Waals surface area contributed by atoms with Crippen LogP contribution in [0.15, 0.2) is 60.2 Å². The van der Waals surface area contributed by atoms with Gasteiger partial charge in [-0.05, 0) is 29.6 Å². The minimum atomic E-state index is -0.165. The third kappa shape index (κ3) is 4.28. The van der Waals surface area contributed by atoms with Crippen LogP contribution in [-0.4, -0.2) is 49.7 Å². The van der Waals surface area contributed by atoms with E-state index in [1.165, 1.54) is 0 Å². The first-order chi connectivity index (χ1) is 16.1. The Labute approximate surface area is 198 Å². The standard InChI is InChI=1S/C23H20N6O2S2/c1-28(13-21-26-16-6-3-4-7-20(16)33-21)22(30)15-12-25-29(18(15)14-31-2)23-24-10-9-17(27-23)19-8-5-11-32-19/h3-12H,13-14H2,1-2H3. The number of carbonyl (C=O) groups is 1. The van der Waals surface area contributed by atoms with E-state index in [0.29, 0.717) is 23.8 Å². The lowest BCUT2D eigenvalue weighted by Crippen LogP contribution is -2.27. The van der Waals surface area contributed by atoms with Crippen LogP contribution in [0.5, 0.6) is 0 Å². The summed E-state index contributed by atoms with van der Waals surface area (Å²) in [5.74, 6) is 0.225. The maximum atomic E-state index is 13.3. The zero-order chi connectivity index (χ0) is 22.8. The summed E-state index contributed by atoms with van der Waals surface area (Å²) >= 11 is 3.19. The third-order valence-electron chi connectivity index (χ3n) is 5.04. The summed E-state index contributed by atoms with van der Waals surface area (Å²) < 4.78 is 8.05. The molecule has 1 aromatic carbocycles. The van der Waals surface area contributed by atoms with Crippen molar-refractivity contribution < 1.29 is 9.53 Å². The van der Waals surface area contributed by atoms with Crippen molar-refractivity contribution >= 4 is 38.8 Å². The molecule has 4 heterocycles. The van der Waals surface area contributed by atoms with E-state index in [2.05, 4.69) is 20.1 Å². The van der Waals surface area contributed by atoms with Crippen molar-refractivity contribution in [2.75, 3.05) is 14.2 Å². The summed E-state index contributed by atoms with van der Waals surface area (Å²) in [4.78, 5) is 29.6. The van der Waals surface area contributed by atoms with Gasteiger partial charge in [0.15, 0.2) is 0 Å². The van der Waals surface area contributed by atoms with Crippen molar-refractivity contribution in [3.05, 3.63) is 76.5 Å². The number of benzene rings is 1. The van der Waals surface area contributed by atoms with Crippen LogP contribution in [0.4, 0.5) is 0 Å². The number of hydrogen-bond donors (Lipinski definition) is 0. The highest BCUT2D eigenvalue weighted by Gasteiger charge is 2.23. The molecule has 0 spiro atoms. The molecule has 0 aliphatic heterocycles. The fourth-order valence-corrected chi connectivity index (χ4v) is 5.20. The molecule has 0 N–H and O–H groups in total. The molecule has 33 heavy (non-hydrogen) atoms. The molecular weight excluding hydrogens is 456 g/mol. The Kier molecular flexibility index (Phi) is 5.95. The van der Waals surface area contributed by atoms with Crippen LogP contribution in [0.25, 0.3) is 26.7 Å². The fraction of sp³-hybridized carbons (Fsp3) is 0.174. The molecule has 10 heteroatoms. The zero-order valence-electron chi connectivity index (χ0n) is 18.0. The predicted octanol–water partition coefficient (Wildman–Crippen LogP) is 4.42. The van der Waals surface area contributed by atoms with E-state index in [9.17, 15) is 4.79 Å². The second-order valence-electron chi connectivity index (χ2n) is 7.31. The van der Waals surface area contributed by atoms with Gasteiger partial charge in [-0.25, -0.2) is 15.0 Å². The molecule has 0 aliphatic rings. The first-order valence-electron chi connectivity index (χ1n) is 10.2. The monoisotopic (exact) mass is 476 g/mol. The lowest BCUT2D eigenvalue weighted by atomic mass is 10.2. The fourth-order valence-electron chi connectivity index (χ4n) is 3.48. The first kappa shape index (κ1) is 21.4. The zero-order valence-corrected chi connectivity index (χ0v) is 19.6. The second-order valence-corrected chi connectivity index (χ2v) is 9.37. The third-order valence-corrected chi connectivity index (χ3v) is 6.96. The molecule has 5 rings (SSSR count).